The van der Waals surface area contributed by atoms with Crippen molar-refractivity contribution in [1.29, 1.82) is 0 Å². The summed E-state index contributed by atoms with van der Waals surface area (Å²) in [4.78, 5) is 72.8. The van der Waals surface area contributed by atoms with Gasteiger partial charge in [-0.1, -0.05) is 0 Å². The van der Waals surface area contributed by atoms with Crippen molar-refractivity contribution in [1.82, 2.24) is 26.6 Å². The minimum atomic E-state index is -1.25. The predicted octanol–water partition coefficient (Wildman–Crippen LogP) is -5.97. The normalized spacial score (nSPS) is 10.8. The number of carbonyl (C=O) groups excluding carboxylic acids is 5. The maximum Gasteiger partial charge on any atom is 0.322 e. The van der Waals surface area contributed by atoms with Gasteiger partial charge in [0, 0.05) is 6.54 Å². The molecule has 0 aromatic carbocycles. The number of aliphatic carboxylic acids is 1. The molecule has 5 amide bonds. The zero-order chi connectivity index (χ0) is 24.5. The molecular formula is C16H29N9O7. The molecule has 0 saturated heterocycles. The summed E-state index contributed by atoms with van der Waals surface area (Å²) < 4.78 is 0. The Morgan fingerprint density at radius 3 is 1.88 bits per heavy atom. The smallest absolute Gasteiger partial charge is 0.322 e. The zero-order valence-electron chi connectivity index (χ0n) is 17.3. The number of aliphatic imine (C=N–C) groups is 1. The van der Waals surface area contributed by atoms with Gasteiger partial charge in [-0.05, 0) is 12.8 Å². The third-order valence-electron chi connectivity index (χ3n) is 3.53. The van der Waals surface area contributed by atoms with E-state index in [1.54, 1.807) is 0 Å². The molecule has 0 spiro atoms. The Labute approximate surface area is 183 Å². The first kappa shape index (κ1) is 28.0. The number of hydrogen-bond acceptors (Lipinski definition) is 8. The van der Waals surface area contributed by atoms with Crippen molar-refractivity contribution in [3.05, 3.63) is 0 Å². The molecule has 0 bridgehead atoms. The van der Waals surface area contributed by atoms with Crippen LogP contribution < -0.4 is 43.8 Å². The van der Waals surface area contributed by atoms with Gasteiger partial charge in [0.05, 0.1) is 26.2 Å². The Morgan fingerprint density at radius 1 is 0.781 bits per heavy atom. The fourth-order valence-corrected chi connectivity index (χ4v) is 2.04. The summed E-state index contributed by atoms with van der Waals surface area (Å²) in [6, 6.07) is -1.09. The summed E-state index contributed by atoms with van der Waals surface area (Å²) in [5, 5.41) is 19.7. The maximum absolute atomic E-state index is 12.3. The first-order valence-electron chi connectivity index (χ1n) is 9.39. The largest absolute Gasteiger partial charge is 0.480 e. The lowest BCUT2D eigenvalue weighted by molar-refractivity contribution is -0.138. The Morgan fingerprint density at radius 2 is 1.31 bits per heavy atom. The van der Waals surface area contributed by atoms with Gasteiger partial charge in [0.2, 0.25) is 29.5 Å². The highest BCUT2D eigenvalue weighted by molar-refractivity contribution is 5.93. The van der Waals surface area contributed by atoms with Gasteiger partial charge in [-0.2, -0.15) is 0 Å². The van der Waals surface area contributed by atoms with Crippen molar-refractivity contribution in [2.24, 2.45) is 22.2 Å². The van der Waals surface area contributed by atoms with Crippen LogP contribution in [0.5, 0.6) is 0 Å². The maximum atomic E-state index is 12.3. The molecule has 32 heavy (non-hydrogen) atoms. The monoisotopic (exact) mass is 459 g/mol. The minimum Gasteiger partial charge on any atom is -0.480 e. The molecule has 16 nitrogen and oxygen atoms in total. The number of guanidine groups is 1. The molecule has 1 unspecified atom stereocenters. The summed E-state index contributed by atoms with van der Waals surface area (Å²) in [7, 11) is 0. The molecule has 1 atom stereocenters. The minimum absolute atomic E-state index is 0.103. The van der Waals surface area contributed by atoms with E-state index in [4.69, 9.17) is 22.3 Å². The lowest BCUT2D eigenvalue weighted by Gasteiger charge is -2.18. The van der Waals surface area contributed by atoms with Crippen molar-refractivity contribution in [2.45, 2.75) is 18.9 Å². The van der Waals surface area contributed by atoms with Crippen LogP contribution in [0.15, 0.2) is 4.99 Å². The second-order valence-corrected chi connectivity index (χ2v) is 6.21. The van der Waals surface area contributed by atoms with Crippen LogP contribution in [-0.2, 0) is 28.8 Å². The summed E-state index contributed by atoms with van der Waals surface area (Å²) in [6.45, 7) is -2.09. The van der Waals surface area contributed by atoms with E-state index >= 15 is 0 Å². The third kappa shape index (κ3) is 15.0. The molecule has 0 saturated carbocycles. The molecule has 180 valence electrons. The number of nitrogens with two attached hydrogens (primary N) is 3. The van der Waals surface area contributed by atoms with Crippen LogP contribution in [0.2, 0.25) is 0 Å². The van der Waals surface area contributed by atoms with E-state index in [-0.39, 0.29) is 32.0 Å². The molecule has 0 radical (unpaired) electrons. The van der Waals surface area contributed by atoms with Gasteiger partial charge in [-0.15, -0.1) is 0 Å². The fourth-order valence-electron chi connectivity index (χ4n) is 2.04. The average Bonchev–Trinajstić information content (AvgIpc) is 2.74. The molecule has 0 aromatic rings. The van der Waals surface area contributed by atoms with Crippen LogP contribution >= 0.6 is 0 Å². The van der Waals surface area contributed by atoms with Crippen LogP contribution in [0.25, 0.3) is 0 Å². The molecule has 0 rings (SSSR count). The number of amides is 5. The van der Waals surface area contributed by atoms with Crippen molar-refractivity contribution in [3.8, 4) is 0 Å². The van der Waals surface area contributed by atoms with E-state index < -0.39 is 61.2 Å². The third-order valence-corrected chi connectivity index (χ3v) is 3.53. The van der Waals surface area contributed by atoms with Crippen LogP contribution in [0.4, 0.5) is 0 Å². The second-order valence-electron chi connectivity index (χ2n) is 6.21. The average molecular weight is 459 g/mol. The number of nitrogens with one attached hydrogen (secondary N) is 5. The molecule has 0 aliphatic carbocycles. The Bertz CT molecular complexity index is 723. The summed E-state index contributed by atoms with van der Waals surface area (Å²) >= 11 is 0. The molecule has 0 aliphatic rings. The quantitative estimate of drug-likeness (QED) is 0.0635. The Balaban J connectivity index is 4.70. The highest BCUT2D eigenvalue weighted by atomic mass is 16.4. The topological polar surface area (TPSA) is 273 Å². The van der Waals surface area contributed by atoms with Crippen molar-refractivity contribution < 1.29 is 33.9 Å². The number of carboxylic acids is 1. The van der Waals surface area contributed by atoms with Crippen molar-refractivity contribution >= 4 is 41.5 Å². The van der Waals surface area contributed by atoms with Crippen molar-refractivity contribution in [3.63, 3.8) is 0 Å². The standard InChI is InChI=1S/C16H29N9O7/c17-4-10(26)21-5-11(27)22-7-13(29)25-9(2-1-3-20-16(18)19)15(32)24-6-12(28)23-8-14(30)31/h9H,1-8,17H2,(H,21,26)(H,22,27)(H,23,28)(H,24,32)(H,25,29)(H,30,31)(H4,18,19,20). The SMILES string of the molecule is NCC(=O)NCC(=O)NCC(=O)NC(CCCN=C(N)N)C(=O)NCC(=O)NCC(=O)O. The van der Waals surface area contributed by atoms with Gasteiger partial charge in [-0.3, -0.25) is 33.8 Å². The van der Waals surface area contributed by atoms with E-state index in [1.165, 1.54) is 0 Å². The van der Waals surface area contributed by atoms with Gasteiger partial charge >= 0.3 is 5.97 Å². The van der Waals surface area contributed by atoms with Gasteiger partial charge in [0.15, 0.2) is 5.96 Å². The molecule has 0 fully saturated rings. The molecule has 0 heterocycles. The van der Waals surface area contributed by atoms with E-state index in [0.29, 0.717) is 6.42 Å². The van der Waals surface area contributed by atoms with E-state index in [0.717, 1.165) is 0 Å². The number of hydrogen-bond donors (Lipinski definition) is 9. The zero-order valence-corrected chi connectivity index (χ0v) is 17.3. The summed E-state index contributed by atoms with van der Waals surface area (Å²) in [5.74, 6) is -4.75. The first-order chi connectivity index (χ1) is 15.0. The number of carboxylic acid groups (broad SMARTS) is 1. The van der Waals surface area contributed by atoms with E-state index in [9.17, 15) is 28.8 Å². The molecule has 16 heteroatoms. The van der Waals surface area contributed by atoms with Crippen LogP contribution in [0, 0.1) is 0 Å². The van der Waals surface area contributed by atoms with Gasteiger partial charge in [0.1, 0.15) is 12.6 Å². The number of carbonyl (C=O) groups is 6. The summed E-state index contributed by atoms with van der Waals surface area (Å²) in [6.07, 6.45) is 0.407. The Kier molecular flexibility index (Phi) is 13.9. The lowest BCUT2D eigenvalue weighted by Crippen LogP contribution is -2.51. The highest BCUT2D eigenvalue weighted by Gasteiger charge is 2.21. The second kappa shape index (κ2) is 15.8. The fraction of sp³-hybridized carbons (Fsp3) is 0.562. The predicted molar refractivity (Wildman–Crippen MR) is 111 cm³/mol. The molecule has 0 aromatic heterocycles. The van der Waals surface area contributed by atoms with Crippen LogP contribution in [0.3, 0.4) is 0 Å². The highest BCUT2D eigenvalue weighted by Crippen LogP contribution is 1.99. The summed E-state index contributed by atoms with van der Waals surface area (Å²) in [5.41, 5.74) is 15.5. The molecule has 0 aliphatic heterocycles. The number of nitrogens with zero attached hydrogens (tertiary/aromatic N) is 1. The molecule has 12 N–H and O–H groups in total. The van der Waals surface area contributed by atoms with Gasteiger partial charge < -0.3 is 48.9 Å². The van der Waals surface area contributed by atoms with E-state index in [1.807, 2.05) is 0 Å². The first-order valence-corrected chi connectivity index (χ1v) is 9.39. The van der Waals surface area contributed by atoms with Crippen LogP contribution in [-0.4, -0.2) is 91.9 Å². The van der Waals surface area contributed by atoms with Crippen LogP contribution in [0.1, 0.15) is 12.8 Å². The van der Waals surface area contributed by atoms with Gasteiger partial charge in [-0.25, -0.2) is 0 Å². The van der Waals surface area contributed by atoms with Gasteiger partial charge in [0.25, 0.3) is 0 Å². The number of rotatable bonds is 15. The lowest BCUT2D eigenvalue weighted by atomic mass is 10.1. The molecular weight excluding hydrogens is 430 g/mol. The van der Waals surface area contributed by atoms with Crippen molar-refractivity contribution in [2.75, 3.05) is 39.3 Å². The Hall–Kier alpha value is -3.95. The van der Waals surface area contributed by atoms with E-state index in [2.05, 4.69) is 31.6 Å².